The Labute approximate surface area is 95.3 Å². The predicted octanol–water partition coefficient (Wildman–Crippen LogP) is 0.933. The van der Waals surface area contributed by atoms with Gasteiger partial charge in [-0.15, -0.1) is 0 Å². The number of carbonyl (C=O) groups excluding carboxylic acids is 1. The average Bonchev–Trinajstić information content (AvgIpc) is 2.97. The van der Waals surface area contributed by atoms with Gasteiger partial charge in [0.05, 0.1) is 11.7 Å². The maximum atomic E-state index is 11.8. The van der Waals surface area contributed by atoms with Crippen LogP contribution in [0.2, 0.25) is 0 Å². The van der Waals surface area contributed by atoms with Crippen LogP contribution >= 0.6 is 0 Å². The zero-order valence-corrected chi connectivity index (χ0v) is 8.64. The highest BCUT2D eigenvalue weighted by Gasteiger charge is 2.08. The SMILES string of the molecule is O=C(Nc1ncn[nH]1)c1ccc2cn[nH]c2c1. The molecular formula is C10H8N6O. The lowest BCUT2D eigenvalue weighted by Gasteiger charge is -2.01. The van der Waals surface area contributed by atoms with E-state index in [1.807, 2.05) is 6.07 Å². The summed E-state index contributed by atoms with van der Waals surface area (Å²) < 4.78 is 0. The first-order valence-corrected chi connectivity index (χ1v) is 4.93. The molecule has 3 rings (SSSR count). The molecule has 1 amide bonds. The molecule has 0 atom stereocenters. The number of aromatic amines is 2. The van der Waals surface area contributed by atoms with E-state index in [2.05, 4.69) is 30.7 Å². The Hall–Kier alpha value is -2.70. The molecule has 7 heteroatoms. The number of amides is 1. The van der Waals surface area contributed by atoms with Crippen LogP contribution in [0, 0.1) is 0 Å². The van der Waals surface area contributed by atoms with Crippen LogP contribution in [0.15, 0.2) is 30.7 Å². The van der Waals surface area contributed by atoms with Crippen LogP contribution in [0.1, 0.15) is 10.4 Å². The number of benzene rings is 1. The molecule has 0 aliphatic carbocycles. The highest BCUT2D eigenvalue weighted by atomic mass is 16.1. The third kappa shape index (κ3) is 1.73. The first kappa shape index (κ1) is 9.52. The summed E-state index contributed by atoms with van der Waals surface area (Å²) in [6.45, 7) is 0. The van der Waals surface area contributed by atoms with E-state index in [4.69, 9.17) is 0 Å². The molecule has 7 nitrogen and oxygen atoms in total. The highest BCUT2D eigenvalue weighted by molar-refractivity contribution is 6.05. The lowest BCUT2D eigenvalue weighted by Crippen LogP contribution is -2.12. The van der Waals surface area contributed by atoms with Crippen molar-refractivity contribution >= 4 is 22.8 Å². The van der Waals surface area contributed by atoms with E-state index in [1.54, 1.807) is 18.3 Å². The molecule has 0 fully saturated rings. The van der Waals surface area contributed by atoms with Crippen molar-refractivity contribution in [1.29, 1.82) is 0 Å². The van der Waals surface area contributed by atoms with Gasteiger partial charge >= 0.3 is 0 Å². The number of aromatic nitrogens is 5. The fourth-order valence-corrected chi connectivity index (χ4v) is 1.52. The van der Waals surface area contributed by atoms with Crippen LogP contribution in [-0.4, -0.2) is 31.3 Å². The number of rotatable bonds is 2. The lowest BCUT2D eigenvalue weighted by molar-refractivity contribution is 0.102. The molecule has 1 aromatic carbocycles. The molecule has 0 saturated carbocycles. The minimum Gasteiger partial charge on any atom is -0.291 e. The van der Waals surface area contributed by atoms with Crippen molar-refractivity contribution in [3.63, 3.8) is 0 Å². The lowest BCUT2D eigenvalue weighted by atomic mass is 10.1. The quantitative estimate of drug-likeness (QED) is 0.607. The Kier molecular flexibility index (Phi) is 2.08. The van der Waals surface area contributed by atoms with Crippen LogP contribution < -0.4 is 5.32 Å². The first-order valence-electron chi connectivity index (χ1n) is 4.93. The van der Waals surface area contributed by atoms with Crippen LogP contribution in [0.5, 0.6) is 0 Å². The van der Waals surface area contributed by atoms with Crippen molar-refractivity contribution in [2.75, 3.05) is 5.32 Å². The van der Waals surface area contributed by atoms with Crippen LogP contribution in [0.4, 0.5) is 5.95 Å². The molecule has 0 aliphatic heterocycles. The molecule has 0 spiro atoms. The maximum absolute atomic E-state index is 11.8. The number of hydrogen-bond acceptors (Lipinski definition) is 4. The van der Waals surface area contributed by atoms with Crippen molar-refractivity contribution in [3.05, 3.63) is 36.3 Å². The van der Waals surface area contributed by atoms with E-state index in [1.165, 1.54) is 6.33 Å². The number of H-pyrrole nitrogens is 2. The van der Waals surface area contributed by atoms with E-state index >= 15 is 0 Å². The molecule has 2 aromatic heterocycles. The van der Waals surface area contributed by atoms with Crippen molar-refractivity contribution in [3.8, 4) is 0 Å². The molecule has 2 heterocycles. The summed E-state index contributed by atoms with van der Waals surface area (Å²) in [5.74, 6) is 0.0676. The van der Waals surface area contributed by atoms with Gasteiger partial charge in [-0.2, -0.15) is 15.2 Å². The summed E-state index contributed by atoms with van der Waals surface area (Å²) in [5.41, 5.74) is 1.34. The third-order valence-corrected chi connectivity index (χ3v) is 2.35. The van der Waals surface area contributed by atoms with Gasteiger partial charge in [0.1, 0.15) is 6.33 Å². The fourth-order valence-electron chi connectivity index (χ4n) is 1.52. The van der Waals surface area contributed by atoms with Crippen LogP contribution in [-0.2, 0) is 0 Å². The molecule has 84 valence electrons. The standard InChI is InChI=1S/C10H8N6O/c17-9(14-10-11-5-13-16-10)6-1-2-7-4-12-15-8(7)3-6/h1-5H,(H,12,15)(H2,11,13,14,16,17). The maximum Gasteiger partial charge on any atom is 0.258 e. The van der Waals surface area contributed by atoms with E-state index in [-0.39, 0.29) is 5.91 Å². The molecule has 3 N–H and O–H groups in total. The van der Waals surface area contributed by atoms with Crippen molar-refractivity contribution in [2.45, 2.75) is 0 Å². The Bertz CT molecular complexity index is 656. The first-order chi connectivity index (χ1) is 8.33. The second kappa shape index (κ2) is 3.71. The normalized spacial score (nSPS) is 10.6. The van der Waals surface area contributed by atoms with Gasteiger partial charge in [-0.25, -0.2) is 5.10 Å². The summed E-state index contributed by atoms with van der Waals surface area (Å²) >= 11 is 0. The topological polar surface area (TPSA) is 99.3 Å². The minimum atomic E-state index is -0.252. The van der Waals surface area contributed by atoms with Crippen molar-refractivity contribution in [1.82, 2.24) is 25.4 Å². The molecule has 3 aromatic rings. The van der Waals surface area contributed by atoms with Gasteiger partial charge in [0, 0.05) is 10.9 Å². The molecule has 17 heavy (non-hydrogen) atoms. The number of carbonyl (C=O) groups is 1. The number of anilines is 1. The van der Waals surface area contributed by atoms with Gasteiger partial charge in [0.25, 0.3) is 5.91 Å². The average molecular weight is 228 g/mol. The Morgan fingerprint density at radius 2 is 2.18 bits per heavy atom. The smallest absolute Gasteiger partial charge is 0.258 e. The Balaban J connectivity index is 1.90. The van der Waals surface area contributed by atoms with Gasteiger partial charge in [0.2, 0.25) is 5.95 Å². The summed E-state index contributed by atoms with van der Waals surface area (Å²) in [4.78, 5) is 15.7. The van der Waals surface area contributed by atoms with Gasteiger partial charge in [-0.3, -0.25) is 15.2 Å². The largest absolute Gasteiger partial charge is 0.291 e. The second-order valence-electron chi connectivity index (χ2n) is 3.46. The van der Waals surface area contributed by atoms with Crippen molar-refractivity contribution < 1.29 is 4.79 Å². The molecule has 0 unspecified atom stereocenters. The number of fused-ring (bicyclic) bond motifs is 1. The predicted molar refractivity (Wildman–Crippen MR) is 60.4 cm³/mol. The highest BCUT2D eigenvalue weighted by Crippen LogP contribution is 2.13. The van der Waals surface area contributed by atoms with Gasteiger partial charge in [0.15, 0.2) is 0 Å². The molecule has 0 radical (unpaired) electrons. The van der Waals surface area contributed by atoms with Crippen molar-refractivity contribution in [2.24, 2.45) is 0 Å². The summed E-state index contributed by atoms with van der Waals surface area (Å²) in [6.07, 6.45) is 3.03. The fraction of sp³-hybridized carbons (Fsp3) is 0. The van der Waals surface area contributed by atoms with Crippen LogP contribution in [0.3, 0.4) is 0 Å². The molecule has 0 aliphatic rings. The minimum absolute atomic E-state index is 0.252. The molecule has 0 saturated heterocycles. The zero-order valence-electron chi connectivity index (χ0n) is 8.64. The summed E-state index contributed by atoms with van der Waals surface area (Å²) in [5, 5.41) is 16.5. The zero-order chi connectivity index (χ0) is 11.7. The van der Waals surface area contributed by atoms with E-state index < -0.39 is 0 Å². The third-order valence-electron chi connectivity index (χ3n) is 2.35. The summed E-state index contributed by atoms with van der Waals surface area (Å²) in [6, 6.07) is 5.28. The number of hydrogen-bond donors (Lipinski definition) is 3. The summed E-state index contributed by atoms with van der Waals surface area (Å²) in [7, 11) is 0. The van der Waals surface area contributed by atoms with E-state index in [0.717, 1.165) is 10.9 Å². The Morgan fingerprint density at radius 3 is 3.00 bits per heavy atom. The molecule has 0 bridgehead atoms. The van der Waals surface area contributed by atoms with Gasteiger partial charge < -0.3 is 0 Å². The second-order valence-corrected chi connectivity index (χ2v) is 3.46. The monoisotopic (exact) mass is 228 g/mol. The molecular weight excluding hydrogens is 220 g/mol. The Morgan fingerprint density at radius 1 is 1.24 bits per heavy atom. The number of nitrogens with one attached hydrogen (secondary N) is 3. The van der Waals surface area contributed by atoms with Crippen LogP contribution in [0.25, 0.3) is 10.9 Å². The number of nitrogens with zero attached hydrogens (tertiary/aromatic N) is 3. The van der Waals surface area contributed by atoms with Gasteiger partial charge in [-0.05, 0) is 12.1 Å². The van der Waals surface area contributed by atoms with E-state index in [9.17, 15) is 4.79 Å². The van der Waals surface area contributed by atoms with E-state index in [0.29, 0.717) is 11.5 Å². The van der Waals surface area contributed by atoms with Gasteiger partial charge in [-0.1, -0.05) is 6.07 Å².